The predicted octanol–water partition coefficient (Wildman–Crippen LogP) is 5.71. The highest BCUT2D eigenvalue weighted by molar-refractivity contribution is 7.13. The number of fused-ring (bicyclic) bond motifs is 2. The average molecular weight is 520 g/mol. The van der Waals surface area contributed by atoms with Gasteiger partial charge in [0.2, 0.25) is 0 Å². The topological polar surface area (TPSA) is 99.2 Å². The molecular formula is C26H22ClN5O3S. The fourth-order valence-corrected chi connectivity index (χ4v) is 5.80. The molecule has 0 saturated heterocycles. The number of amides is 1. The lowest BCUT2D eigenvalue weighted by molar-refractivity contribution is -0.118. The van der Waals surface area contributed by atoms with Crippen molar-refractivity contribution in [2.24, 2.45) is 5.18 Å². The number of carbonyl (C=O) groups is 1. The Hall–Kier alpha value is -3.69. The van der Waals surface area contributed by atoms with Gasteiger partial charge in [-0.2, -0.15) is 4.37 Å². The second-order valence-corrected chi connectivity index (χ2v) is 10.1. The summed E-state index contributed by atoms with van der Waals surface area (Å²) in [5, 5.41) is 4.13. The summed E-state index contributed by atoms with van der Waals surface area (Å²) in [5.74, 6) is -0.855. The van der Waals surface area contributed by atoms with Crippen LogP contribution < -0.4 is 5.69 Å². The molecule has 0 aliphatic carbocycles. The van der Waals surface area contributed by atoms with E-state index in [-0.39, 0.29) is 18.7 Å². The number of hydrogen-bond acceptors (Lipinski definition) is 6. The number of hydrogen-bond donors (Lipinski definition) is 0. The Kier molecular flexibility index (Phi) is 6.27. The second kappa shape index (κ2) is 9.40. The highest BCUT2D eigenvalue weighted by Crippen LogP contribution is 2.30. The van der Waals surface area contributed by atoms with Gasteiger partial charge in [-0.05, 0) is 79.3 Å². The van der Waals surface area contributed by atoms with E-state index in [9.17, 15) is 14.5 Å². The zero-order chi connectivity index (χ0) is 25.6. The molecule has 0 saturated carbocycles. The van der Waals surface area contributed by atoms with Crippen molar-refractivity contribution in [3.05, 3.63) is 97.0 Å². The number of pyridine rings is 1. The number of halogens is 1. The molecule has 1 amide bonds. The zero-order valence-electron chi connectivity index (χ0n) is 19.9. The maximum Gasteiger partial charge on any atom is 0.331 e. The van der Waals surface area contributed by atoms with E-state index in [4.69, 9.17) is 11.6 Å². The summed E-state index contributed by atoms with van der Waals surface area (Å²) >= 11 is 7.48. The lowest BCUT2D eigenvalue weighted by Crippen LogP contribution is -2.29. The van der Waals surface area contributed by atoms with E-state index in [2.05, 4.69) is 26.7 Å². The number of imidazole rings is 1. The first-order chi connectivity index (χ1) is 17.3. The van der Waals surface area contributed by atoms with Crippen LogP contribution in [0.4, 0.5) is 0 Å². The van der Waals surface area contributed by atoms with E-state index in [0.717, 1.165) is 26.9 Å². The number of aryl methyl sites for hydroxylation is 3. The molecule has 0 aliphatic heterocycles. The molecule has 5 aromatic rings. The molecule has 1 atom stereocenters. The smallest absolute Gasteiger partial charge is 0.284 e. The highest BCUT2D eigenvalue weighted by atomic mass is 35.5. The fourth-order valence-electron chi connectivity index (χ4n) is 4.70. The molecule has 182 valence electrons. The van der Waals surface area contributed by atoms with Crippen molar-refractivity contribution in [2.45, 2.75) is 39.8 Å². The summed E-state index contributed by atoms with van der Waals surface area (Å²) in [6, 6.07) is 13.9. The third-order valence-electron chi connectivity index (χ3n) is 6.28. The maximum atomic E-state index is 14.0. The van der Waals surface area contributed by atoms with Crippen molar-refractivity contribution >= 4 is 50.3 Å². The fraction of sp³-hybridized carbons (Fsp3) is 0.231. The van der Waals surface area contributed by atoms with Crippen molar-refractivity contribution < 1.29 is 4.79 Å². The van der Waals surface area contributed by atoms with Crippen LogP contribution in [0.3, 0.4) is 0 Å². The number of carbonyl (C=O) groups excluding carboxylic acids is 1. The third-order valence-corrected chi connectivity index (χ3v) is 7.36. The monoisotopic (exact) mass is 519 g/mol. The van der Waals surface area contributed by atoms with Crippen LogP contribution in [0.5, 0.6) is 0 Å². The third kappa shape index (κ3) is 4.25. The van der Waals surface area contributed by atoms with E-state index >= 15 is 0 Å². The van der Waals surface area contributed by atoms with Gasteiger partial charge in [-0.25, -0.2) is 9.78 Å². The number of aromatic nitrogens is 4. The van der Waals surface area contributed by atoms with E-state index in [0.29, 0.717) is 27.4 Å². The number of benzene rings is 2. The normalized spacial score (nSPS) is 12.3. The molecule has 5 rings (SSSR count). The van der Waals surface area contributed by atoms with Gasteiger partial charge in [0.15, 0.2) is 5.65 Å². The molecule has 0 unspecified atom stereocenters. The molecule has 2 aromatic carbocycles. The molecule has 0 bridgehead atoms. The van der Waals surface area contributed by atoms with Crippen molar-refractivity contribution in [2.75, 3.05) is 0 Å². The summed E-state index contributed by atoms with van der Waals surface area (Å²) in [6.07, 6.45) is -0.280. The van der Waals surface area contributed by atoms with Crippen LogP contribution in [0.1, 0.15) is 40.5 Å². The van der Waals surface area contributed by atoms with Crippen molar-refractivity contribution in [3.63, 3.8) is 0 Å². The van der Waals surface area contributed by atoms with Crippen molar-refractivity contribution in [1.29, 1.82) is 0 Å². The Labute approximate surface area is 215 Å². The quantitative estimate of drug-likeness (QED) is 0.268. The highest BCUT2D eigenvalue weighted by Gasteiger charge is 2.26. The summed E-state index contributed by atoms with van der Waals surface area (Å²) in [6.45, 7) is 6.16. The Morgan fingerprint density at radius 3 is 2.58 bits per heavy atom. The Morgan fingerprint density at radius 1 is 1.11 bits per heavy atom. The van der Waals surface area contributed by atoms with Gasteiger partial charge in [0.05, 0.1) is 34.9 Å². The maximum absolute atomic E-state index is 14.0. The van der Waals surface area contributed by atoms with E-state index in [1.54, 1.807) is 28.8 Å². The summed E-state index contributed by atoms with van der Waals surface area (Å²) < 4.78 is 8.83. The molecular weight excluding hydrogens is 498 g/mol. The number of nitrogens with zero attached hydrogens (tertiary/aromatic N) is 5. The van der Waals surface area contributed by atoms with Gasteiger partial charge in [-0.3, -0.25) is 13.9 Å². The van der Waals surface area contributed by atoms with Gasteiger partial charge in [0.1, 0.15) is 0 Å². The van der Waals surface area contributed by atoms with Gasteiger partial charge in [-0.1, -0.05) is 29.8 Å². The summed E-state index contributed by atoms with van der Waals surface area (Å²) in [4.78, 5) is 41.8. The van der Waals surface area contributed by atoms with Crippen LogP contribution in [-0.4, -0.2) is 24.4 Å². The first-order valence-electron chi connectivity index (χ1n) is 11.3. The molecule has 0 fully saturated rings. The largest absolute Gasteiger partial charge is 0.331 e. The molecule has 0 spiro atoms. The van der Waals surface area contributed by atoms with Gasteiger partial charge >= 0.3 is 5.69 Å². The Bertz CT molecular complexity index is 1700. The number of rotatable bonds is 6. The van der Waals surface area contributed by atoms with E-state index in [1.165, 1.54) is 16.1 Å². The van der Waals surface area contributed by atoms with Gasteiger partial charge in [0.25, 0.3) is 5.91 Å². The first kappa shape index (κ1) is 24.0. The first-order valence-corrected chi connectivity index (χ1v) is 12.5. The Balaban J connectivity index is 1.73. The lowest BCUT2D eigenvalue weighted by atomic mass is 10.0. The average Bonchev–Trinajstić information content (AvgIpc) is 3.36. The SMILES string of the molecule is Cc1cc(C)c2c(Cn3c(=O)n([C@H](CC(=O)N=O)c4ccc(Cl)cc4)c4nc(C)ccc43)nsc2c1. The zero-order valence-corrected chi connectivity index (χ0v) is 21.4. The standard InChI is InChI=1S/C26H22ClN5O3S/c1-14-10-15(2)24-19(30-36-22(24)11-14)13-31-20-9-4-16(3)28-25(20)32(26(31)34)21(12-23(33)29-35)17-5-7-18(27)8-6-17/h4-11,21H,12-13H2,1-3H3/t21-/m1/s1. The van der Waals surface area contributed by atoms with Crippen LogP contribution in [-0.2, 0) is 11.3 Å². The Morgan fingerprint density at radius 2 is 1.86 bits per heavy atom. The van der Waals surface area contributed by atoms with Gasteiger partial charge < -0.3 is 0 Å². The molecule has 3 aromatic heterocycles. The molecule has 3 heterocycles. The molecule has 0 radical (unpaired) electrons. The summed E-state index contributed by atoms with van der Waals surface area (Å²) in [5.41, 5.74) is 5.09. The second-order valence-electron chi connectivity index (χ2n) is 8.87. The van der Waals surface area contributed by atoms with Crippen molar-refractivity contribution in [3.8, 4) is 0 Å². The molecule has 0 N–H and O–H groups in total. The van der Waals surface area contributed by atoms with Crippen molar-refractivity contribution in [1.82, 2.24) is 18.5 Å². The minimum atomic E-state index is -0.855. The summed E-state index contributed by atoms with van der Waals surface area (Å²) in [7, 11) is 0. The minimum absolute atomic E-state index is 0.240. The van der Waals surface area contributed by atoms with Gasteiger partial charge in [0, 0.05) is 21.3 Å². The van der Waals surface area contributed by atoms with Crippen LogP contribution in [0.25, 0.3) is 21.3 Å². The molecule has 36 heavy (non-hydrogen) atoms. The molecule has 8 nitrogen and oxygen atoms in total. The van der Waals surface area contributed by atoms with Crippen LogP contribution in [0, 0.1) is 25.7 Å². The number of nitroso groups, excluding NO2 is 1. The van der Waals surface area contributed by atoms with Gasteiger partial charge in [-0.15, -0.1) is 4.91 Å². The van der Waals surface area contributed by atoms with E-state index in [1.807, 2.05) is 32.9 Å². The lowest BCUT2D eigenvalue weighted by Gasteiger charge is -2.17. The molecule has 0 aliphatic rings. The molecule has 10 heteroatoms. The minimum Gasteiger partial charge on any atom is -0.284 e. The van der Waals surface area contributed by atoms with Crippen LogP contribution in [0.2, 0.25) is 5.02 Å². The van der Waals surface area contributed by atoms with Crippen LogP contribution in [0.15, 0.2) is 58.5 Å². The predicted molar refractivity (Wildman–Crippen MR) is 142 cm³/mol. The van der Waals surface area contributed by atoms with Crippen LogP contribution >= 0.6 is 23.1 Å². The van der Waals surface area contributed by atoms with E-state index < -0.39 is 11.9 Å².